The van der Waals surface area contributed by atoms with Gasteiger partial charge in [0.05, 0.1) is 0 Å². The van der Waals surface area contributed by atoms with Gasteiger partial charge in [-0.2, -0.15) is 0 Å². The molecule has 0 spiro atoms. The number of aliphatic carboxylic acids is 1. The number of hydrogen-bond donors (Lipinski definition) is 1. The van der Waals surface area contributed by atoms with E-state index in [2.05, 4.69) is 0 Å². The molecule has 1 heterocycles. The quantitative estimate of drug-likeness (QED) is 0.892. The summed E-state index contributed by atoms with van der Waals surface area (Å²) >= 11 is 0. The summed E-state index contributed by atoms with van der Waals surface area (Å²) in [6, 6.07) is 3.44. The summed E-state index contributed by atoms with van der Waals surface area (Å²) in [7, 11) is 0. The van der Waals surface area contributed by atoms with Gasteiger partial charge in [0.1, 0.15) is 11.9 Å². The van der Waals surface area contributed by atoms with E-state index in [9.17, 15) is 14.0 Å². The number of carboxylic acids is 1. The second-order valence-electron chi connectivity index (χ2n) is 4.81. The van der Waals surface area contributed by atoms with Gasteiger partial charge in [0.25, 0.3) is 5.91 Å². The highest BCUT2D eigenvalue weighted by Gasteiger charge is 2.32. The largest absolute Gasteiger partial charge is 0.480 e. The molecule has 0 radical (unpaired) electrons. The monoisotopic (exact) mass is 265 g/mol. The predicted octanol–water partition coefficient (Wildman–Crippen LogP) is 2.21. The number of carboxylic acid groups (broad SMARTS) is 1. The maximum absolute atomic E-state index is 13.5. The molecule has 1 saturated heterocycles. The van der Waals surface area contributed by atoms with Gasteiger partial charge >= 0.3 is 5.97 Å². The molecule has 1 fully saturated rings. The number of rotatable bonds is 2. The van der Waals surface area contributed by atoms with E-state index in [0.717, 1.165) is 12.8 Å². The Bertz CT molecular complexity index is 515. The first-order valence-corrected chi connectivity index (χ1v) is 6.30. The first-order valence-electron chi connectivity index (χ1n) is 6.30. The molecule has 0 bridgehead atoms. The molecule has 1 aromatic rings. The summed E-state index contributed by atoms with van der Waals surface area (Å²) in [6.07, 6.45) is 2.03. The Morgan fingerprint density at radius 1 is 1.37 bits per heavy atom. The molecule has 1 atom stereocenters. The van der Waals surface area contributed by atoms with E-state index in [1.165, 1.54) is 23.1 Å². The van der Waals surface area contributed by atoms with E-state index < -0.39 is 23.7 Å². The zero-order valence-electron chi connectivity index (χ0n) is 10.7. The number of hydrogen-bond acceptors (Lipinski definition) is 2. The highest BCUT2D eigenvalue weighted by molar-refractivity contribution is 5.96. The Morgan fingerprint density at radius 3 is 2.74 bits per heavy atom. The van der Waals surface area contributed by atoms with Crippen molar-refractivity contribution in [3.8, 4) is 0 Å². The van der Waals surface area contributed by atoms with E-state index in [4.69, 9.17) is 5.11 Å². The zero-order valence-corrected chi connectivity index (χ0v) is 10.7. The lowest BCUT2D eigenvalue weighted by atomic mass is 10.0. The van der Waals surface area contributed by atoms with Crippen molar-refractivity contribution >= 4 is 11.9 Å². The van der Waals surface area contributed by atoms with Crippen LogP contribution in [0.1, 0.15) is 35.2 Å². The van der Waals surface area contributed by atoms with Crippen molar-refractivity contribution < 1.29 is 19.1 Å². The van der Waals surface area contributed by atoms with Crippen LogP contribution in [-0.2, 0) is 4.79 Å². The minimum Gasteiger partial charge on any atom is -0.480 e. The fourth-order valence-corrected chi connectivity index (χ4v) is 2.32. The van der Waals surface area contributed by atoms with E-state index in [1.54, 1.807) is 6.92 Å². The summed E-state index contributed by atoms with van der Waals surface area (Å²) in [5, 5.41) is 9.14. The highest BCUT2D eigenvalue weighted by Crippen LogP contribution is 2.20. The average molecular weight is 265 g/mol. The Kier molecular flexibility index (Phi) is 3.83. The molecular weight excluding hydrogens is 249 g/mol. The molecule has 2 rings (SSSR count). The van der Waals surface area contributed by atoms with Crippen LogP contribution in [0.5, 0.6) is 0 Å². The molecule has 1 aliphatic rings. The third-order valence-electron chi connectivity index (χ3n) is 3.47. The van der Waals surface area contributed by atoms with E-state index in [-0.39, 0.29) is 5.56 Å². The van der Waals surface area contributed by atoms with Crippen LogP contribution in [0, 0.1) is 12.7 Å². The fraction of sp³-hybridized carbons (Fsp3) is 0.429. The minimum atomic E-state index is -0.999. The number of carbonyl (C=O) groups is 2. The highest BCUT2D eigenvalue weighted by atomic mass is 19.1. The van der Waals surface area contributed by atoms with Crippen molar-refractivity contribution in [3.63, 3.8) is 0 Å². The SMILES string of the molecule is Cc1ccc(C(=O)N2CCCC[C@H]2C(=O)O)cc1F. The molecule has 0 unspecified atom stereocenters. The lowest BCUT2D eigenvalue weighted by molar-refractivity contribution is -0.143. The average Bonchev–Trinajstić information content (AvgIpc) is 2.41. The van der Waals surface area contributed by atoms with Crippen molar-refractivity contribution in [1.82, 2.24) is 4.90 Å². The topological polar surface area (TPSA) is 57.6 Å². The van der Waals surface area contributed by atoms with Crippen LogP contribution in [0.2, 0.25) is 0 Å². The van der Waals surface area contributed by atoms with Crippen LogP contribution in [0.4, 0.5) is 4.39 Å². The third-order valence-corrected chi connectivity index (χ3v) is 3.47. The van der Waals surface area contributed by atoms with Gasteiger partial charge in [-0.25, -0.2) is 9.18 Å². The van der Waals surface area contributed by atoms with Crippen LogP contribution >= 0.6 is 0 Å². The Morgan fingerprint density at radius 2 is 2.11 bits per heavy atom. The number of benzene rings is 1. The summed E-state index contributed by atoms with van der Waals surface area (Å²) < 4.78 is 13.5. The van der Waals surface area contributed by atoms with Crippen LogP contribution in [0.3, 0.4) is 0 Å². The normalized spacial score (nSPS) is 19.3. The van der Waals surface area contributed by atoms with Gasteiger partial charge in [0.2, 0.25) is 0 Å². The van der Waals surface area contributed by atoms with Crippen molar-refractivity contribution in [2.75, 3.05) is 6.54 Å². The van der Waals surface area contributed by atoms with Gasteiger partial charge in [-0.15, -0.1) is 0 Å². The number of halogens is 1. The van der Waals surface area contributed by atoms with Crippen LogP contribution in [0.15, 0.2) is 18.2 Å². The summed E-state index contributed by atoms with van der Waals surface area (Å²) in [4.78, 5) is 24.8. The van der Waals surface area contributed by atoms with Gasteiger partial charge in [-0.05, 0) is 43.9 Å². The van der Waals surface area contributed by atoms with Crippen molar-refractivity contribution in [3.05, 3.63) is 35.1 Å². The van der Waals surface area contributed by atoms with Crippen molar-refractivity contribution in [2.24, 2.45) is 0 Å². The number of aryl methyl sites for hydroxylation is 1. The maximum atomic E-state index is 13.5. The number of likely N-dealkylation sites (tertiary alicyclic amines) is 1. The van der Waals surface area contributed by atoms with Gasteiger partial charge in [-0.3, -0.25) is 4.79 Å². The van der Waals surface area contributed by atoms with Crippen LogP contribution < -0.4 is 0 Å². The molecular formula is C14H16FNO3. The van der Waals surface area contributed by atoms with Gasteiger partial charge in [0.15, 0.2) is 0 Å². The van der Waals surface area contributed by atoms with Gasteiger partial charge in [0, 0.05) is 12.1 Å². The molecule has 1 aromatic carbocycles. The summed E-state index contributed by atoms with van der Waals surface area (Å²) in [6.45, 7) is 2.02. The van der Waals surface area contributed by atoms with Crippen molar-refractivity contribution in [1.29, 1.82) is 0 Å². The molecule has 0 aromatic heterocycles. The van der Waals surface area contributed by atoms with E-state index >= 15 is 0 Å². The van der Waals surface area contributed by atoms with Gasteiger partial charge < -0.3 is 10.0 Å². The molecule has 1 N–H and O–H groups in total. The first-order chi connectivity index (χ1) is 9.00. The standard InChI is InChI=1S/C14H16FNO3/c1-9-5-6-10(8-11(9)15)13(17)16-7-3-2-4-12(16)14(18)19/h5-6,8,12H,2-4,7H2,1H3,(H,18,19)/t12-/m0/s1. The maximum Gasteiger partial charge on any atom is 0.326 e. The number of piperidine rings is 1. The number of nitrogens with zero attached hydrogens (tertiary/aromatic N) is 1. The number of amides is 1. The molecule has 0 saturated carbocycles. The fourth-order valence-electron chi connectivity index (χ4n) is 2.32. The first kappa shape index (κ1) is 13.5. The summed E-state index contributed by atoms with van der Waals surface area (Å²) in [5.74, 6) is -1.86. The van der Waals surface area contributed by atoms with Gasteiger partial charge in [-0.1, -0.05) is 6.07 Å². The Labute approximate surface area is 110 Å². The van der Waals surface area contributed by atoms with Crippen molar-refractivity contribution in [2.45, 2.75) is 32.2 Å². The molecule has 102 valence electrons. The lowest BCUT2D eigenvalue weighted by Crippen LogP contribution is -2.48. The van der Waals surface area contributed by atoms with Crippen LogP contribution in [-0.4, -0.2) is 34.5 Å². The molecule has 1 aliphatic heterocycles. The Balaban J connectivity index is 2.26. The molecule has 19 heavy (non-hydrogen) atoms. The zero-order chi connectivity index (χ0) is 14.0. The lowest BCUT2D eigenvalue weighted by Gasteiger charge is -2.33. The smallest absolute Gasteiger partial charge is 0.326 e. The second-order valence-corrected chi connectivity index (χ2v) is 4.81. The third kappa shape index (κ3) is 2.75. The minimum absolute atomic E-state index is 0.205. The van der Waals surface area contributed by atoms with E-state index in [1.807, 2.05) is 0 Å². The second kappa shape index (κ2) is 5.38. The molecule has 1 amide bonds. The molecule has 4 nitrogen and oxygen atoms in total. The molecule has 0 aliphatic carbocycles. The van der Waals surface area contributed by atoms with E-state index in [0.29, 0.717) is 18.5 Å². The Hall–Kier alpha value is -1.91. The van der Waals surface area contributed by atoms with Crippen LogP contribution in [0.25, 0.3) is 0 Å². The number of carbonyl (C=O) groups excluding carboxylic acids is 1. The predicted molar refractivity (Wildman–Crippen MR) is 67.4 cm³/mol. The summed E-state index contributed by atoms with van der Waals surface area (Å²) in [5.41, 5.74) is 0.668. The molecule has 5 heteroatoms.